The highest BCUT2D eigenvalue weighted by Crippen LogP contribution is 2.44. The molecule has 2 aliphatic heterocycles. The van der Waals surface area contributed by atoms with Gasteiger partial charge in [-0.3, -0.25) is 0 Å². The molecule has 0 bridgehead atoms. The SMILES string of the molecule is COc1cc(-c2ccoc2)c2cc3[n+](cc2c1OC)CCc1cc2c(cc1-3)OCO2.[Cl-]. The molecule has 4 heterocycles. The summed E-state index contributed by atoms with van der Waals surface area (Å²) in [6.45, 7) is 1.15. The Balaban J connectivity index is 0.00000204. The number of hydrogen-bond acceptors (Lipinski definition) is 5. The fourth-order valence-electron chi connectivity index (χ4n) is 4.51. The summed E-state index contributed by atoms with van der Waals surface area (Å²) in [6, 6.07) is 10.4. The Kier molecular flexibility index (Phi) is 4.67. The van der Waals surface area contributed by atoms with E-state index in [-0.39, 0.29) is 19.2 Å². The van der Waals surface area contributed by atoms with Crippen molar-refractivity contribution in [1.29, 1.82) is 0 Å². The molecule has 0 saturated carbocycles. The minimum atomic E-state index is 0. The summed E-state index contributed by atoms with van der Waals surface area (Å²) < 4.78 is 30.2. The Hall–Kier alpha value is -3.38. The van der Waals surface area contributed by atoms with Gasteiger partial charge in [-0.1, -0.05) is 0 Å². The van der Waals surface area contributed by atoms with Crippen LogP contribution in [-0.2, 0) is 13.0 Å². The van der Waals surface area contributed by atoms with E-state index in [1.54, 1.807) is 26.7 Å². The van der Waals surface area contributed by atoms with E-state index in [0.29, 0.717) is 5.75 Å². The Morgan fingerprint density at radius 3 is 2.52 bits per heavy atom. The quantitative estimate of drug-likeness (QED) is 0.453. The van der Waals surface area contributed by atoms with Gasteiger partial charge in [-0.25, -0.2) is 0 Å². The van der Waals surface area contributed by atoms with Crippen LogP contribution in [0.2, 0.25) is 0 Å². The first-order valence-electron chi connectivity index (χ1n) is 9.84. The summed E-state index contributed by atoms with van der Waals surface area (Å²) in [5.74, 6) is 3.05. The van der Waals surface area contributed by atoms with E-state index >= 15 is 0 Å². The fraction of sp³-hybridized carbons (Fsp3) is 0.208. The molecule has 2 aromatic carbocycles. The molecule has 6 rings (SSSR count). The highest BCUT2D eigenvalue weighted by atomic mass is 35.5. The molecule has 6 nitrogen and oxygen atoms in total. The van der Waals surface area contributed by atoms with Gasteiger partial charge in [-0.15, -0.1) is 0 Å². The molecule has 158 valence electrons. The molecule has 0 N–H and O–H groups in total. The van der Waals surface area contributed by atoms with Crippen LogP contribution in [0.1, 0.15) is 5.56 Å². The summed E-state index contributed by atoms with van der Waals surface area (Å²) >= 11 is 0. The van der Waals surface area contributed by atoms with E-state index < -0.39 is 0 Å². The lowest BCUT2D eigenvalue weighted by molar-refractivity contribution is -0.686. The van der Waals surface area contributed by atoms with Crippen LogP contribution >= 0.6 is 0 Å². The lowest BCUT2D eigenvalue weighted by atomic mass is 9.93. The van der Waals surface area contributed by atoms with Gasteiger partial charge in [0.1, 0.15) is 0 Å². The lowest BCUT2D eigenvalue weighted by Crippen LogP contribution is -3.00. The predicted octanol–water partition coefficient (Wildman–Crippen LogP) is 1.36. The predicted molar refractivity (Wildman–Crippen MR) is 110 cm³/mol. The summed E-state index contributed by atoms with van der Waals surface area (Å²) in [4.78, 5) is 0. The van der Waals surface area contributed by atoms with Crippen molar-refractivity contribution in [2.24, 2.45) is 0 Å². The number of ether oxygens (including phenoxy) is 4. The zero-order chi connectivity index (χ0) is 20.2. The zero-order valence-corrected chi connectivity index (χ0v) is 17.9. The van der Waals surface area contributed by atoms with Crippen LogP contribution in [0, 0.1) is 0 Å². The van der Waals surface area contributed by atoms with Crippen LogP contribution in [0.3, 0.4) is 0 Å². The number of benzene rings is 2. The summed E-state index contributed by atoms with van der Waals surface area (Å²) in [5, 5.41) is 2.08. The molecule has 0 spiro atoms. The summed E-state index contributed by atoms with van der Waals surface area (Å²) in [7, 11) is 3.34. The molecular formula is C24H20ClNO5. The zero-order valence-electron chi connectivity index (χ0n) is 17.1. The molecule has 4 aromatic rings. The van der Waals surface area contributed by atoms with Gasteiger partial charge in [-0.05, 0) is 35.4 Å². The van der Waals surface area contributed by atoms with Crippen molar-refractivity contribution in [1.82, 2.24) is 0 Å². The molecule has 0 radical (unpaired) electrons. The molecule has 0 unspecified atom stereocenters. The number of pyridine rings is 1. The maximum atomic E-state index is 5.74. The van der Waals surface area contributed by atoms with E-state index in [1.165, 1.54) is 11.1 Å². The van der Waals surface area contributed by atoms with Gasteiger partial charge in [0.2, 0.25) is 12.5 Å². The van der Waals surface area contributed by atoms with Gasteiger partial charge in [0.25, 0.3) is 0 Å². The van der Waals surface area contributed by atoms with Crippen molar-refractivity contribution < 1.29 is 40.3 Å². The maximum absolute atomic E-state index is 5.74. The lowest BCUT2D eigenvalue weighted by Gasteiger charge is -2.18. The molecule has 31 heavy (non-hydrogen) atoms. The number of nitrogens with zero attached hydrogens (tertiary/aromatic N) is 1. The molecule has 2 aromatic heterocycles. The molecular weight excluding hydrogens is 418 g/mol. The highest BCUT2D eigenvalue weighted by molar-refractivity contribution is 6.02. The van der Waals surface area contributed by atoms with Gasteiger partial charge < -0.3 is 35.8 Å². The number of rotatable bonds is 3. The number of furan rings is 1. The van der Waals surface area contributed by atoms with Gasteiger partial charge in [0.05, 0.1) is 37.7 Å². The number of fused-ring (bicyclic) bond motifs is 5. The van der Waals surface area contributed by atoms with Crippen LogP contribution in [0.25, 0.3) is 33.2 Å². The number of aromatic nitrogens is 1. The van der Waals surface area contributed by atoms with Crippen LogP contribution in [0.15, 0.2) is 53.5 Å². The number of hydrogen-bond donors (Lipinski definition) is 0. The monoisotopic (exact) mass is 437 g/mol. The third-order valence-electron chi connectivity index (χ3n) is 5.95. The second-order valence-corrected chi connectivity index (χ2v) is 7.46. The second kappa shape index (κ2) is 7.39. The number of aryl methyl sites for hydroxylation is 2. The van der Waals surface area contributed by atoms with E-state index in [1.807, 2.05) is 12.1 Å². The number of methoxy groups -OCH3 is 2. The Labute approximate surface area is 185 Å². The van der Waals surface area contributed by atoms with Gasteiger partial charge in [-0.2, -0.15) is 4.57 Å². The van der Waals surface area contributed by atoms with E-state index in [4.69, 9.17) is 23.4 Å². The van der Waals surface area contributed by atoms with Crippen LogP contribution in [0.5, 0.6) is 23.0 Å². The van der Waals surface area contributed by atoms with Crippen LogP contribution < -0.4 is 35.9 Å². The van der Waals surface area contributed by atoms with Gasteiger partial charge in [0, 0.05) is 23.4 Å². The van der Waals surface area contributed by atoms with Crippen molar-refractivity contribution >= 4 is 10.8 Å². The standard InChI is InChI=1S/C24H20NO5.ClH/c1-26-23-9-16(15-4-6-28-12-15)18-8-20-17-10-22-21(29-13-30-22)7-14(17)3-5-25(20)11-19(18)24(23)27-2;/h4,6-12H,3,5,13H2,1-2H3;1H/q+1;/p-1. The molecule has 0 saturated heterocycles. The molecule has 0 atom stereocenters. The second-order valence-electron chi connectivity index (χ2n) is 7.46. The number of halogens is 1. The Morgan fingerprint density at radius 2 is 1.77 bits per heavy atom. The fourth-order valence-corrected chi connectivity index (χ4v) is 4.51. The van der Waals surface area contributed by atoms with Crippen molar-refractivity contribution in [2.75, 3.05) is 21.0 Å². The van der Waals surface area contributed by atoms with E-state index in [2.05, 4.69) is 29.0 Å². The van der Waals surface area contributed by atoms with Gasteiger partial charge in [0.15, 0.2) is 35.7 Å². The first-order valence-corrected chi connectivity index (χ1v) is 9.84. The maximum Gasteiger partial charge on any atom is 0.231 e. The third-order valence-corrected chi connectivity index (χ3v) is 5.95. The van der Waals surface area contributed by atoms with E-state index in [0.717, 1.165) is 57.8 Å². The van der Waals surface area contributed by atoms with Crippen molar-refractivity contribution in [3.63, 3.8) is 0 Å². The topological polar surface area (TPSA) is 53.9 Å². The van der Waals surface area contributed by atoms with Crippen LogP contribution in [-0.4, -0.2) is 21.0 Å². The first-order chi connectivity index (χ1) is 14.8. The van der Waals surface area contributed by atoms with Crippen molar-refractivity contribution in [2.45, 2.75) is 13.0 Å². The summed E-state index contributed by atoms with van der Waals surface area (Å²) in [6.07, 6.45) is 6.51. The van der Waals surface area contributed by atoms with Crippen LogP contribution in [0.4, 0.5) is 0 Å². The van der Waals surface area contributed by atoms with E-state index in [9.17, 15) is 0 Å². The average Bonchev–Trinajstić information content (AvgIpc) is 3.47. The molecule has 2 aliphatic rings. The normalized spacial score (nSPS) is 13.4. The largest absolute Gasteiger partial charge is 1.00 e. The third kappa shape index (κ3) is 2.90. The Bertz CT molecular complexity index is 1300. The Morgan fingerprint density at radius 1 is 0.935 bits per heavy atom. The molecule has 7 heteroatoms. The summed E-state index contributed by atoms with van der Waals surface area (Å²) in [5.41, 5.74) is 5.60. The first kappa shape index (κ1) is 19.6. The van der Waals surface area contributed by atoms with Gasteiger partial charge >= 0.3 is 0 Å². The smallest absolute Gasteiger partial charge is 0.231 e. The van der Waals surface area contributed by atoms with Crippen molar-refractivity contribution in [3.8, 4) is 45.4 Å². The highest BCUT2D eigenvalue weighted by Gasteiger charge is 2.29. The van der Waals surface area contributed by atoms with Crippen molar-refractivity contribution in [3.05, 3.63) is 54.6 Å². The minimum absolute atomic E-state index is 0. The molecule has 0 amide bonds. The average molecular weight is 438 g/mol. The molecule has 0 aliphatic carbocycles. The minimum Gasteiger partial charge on any atom is -1.00 e. The molecule has 0 fully saturated rings.